The highest BCUT2D eigenvalue weighted by Crippen LogP contribution is 2.45. The molecular weight excluding hydrogens is 375 g/mol. The predicted molar refractivity (Wildman–Crippen MR) is 110 cm³/mol. The van der Waals surface area contributed by atoms with Gasteiger partial charge in [-0.15, -0.1) is 0 Å². The van der Waals surface area contributed by atoms with Crippen LogP contribution in [0.1, 0.15) is 61.8 Å². The van der Waals surface area contributed by atoms with Crippen LogP contribution in [0.4, 0.5) is 18.9 Å². The molecule has 2 aromatic rings. The second kappa shape index (κ2) is 7.26. The lowest BCUT2D eigenvalue weighted by atomic mass is 9.73. The fourth-order valence-electron chi connectivity index (χ4n) is 4.78. The number of alkyl halides is 3. The highest BCUT2D eigenvalue weighted by Gasteiger charge is 2.36. The number of ether oxygens (including phenoxy) is 1. The van der Waals surface area contributed by atoms with Gasteiger partial charge in [0.25, 0.3) is 0 Å². The molecule has 0 saturated heterocycles. The van der Waals surface area contributed by atoms with Crippen molar-refractivity contribution < 1.29 is 17.9 Å². The molecule has 1 aliphatic carbocycles. The van der Waals surface area contributed by atoms with Crippen LogP contribution in [0.25, 0.3) is 0 Å². The van der Waals surface area contributed by atoms with Gasteiger partial charge < -0.3 is 10.1 Å². The van der Waals surface area contributed by atoms with Gasteiger partial charge in [-0.1, -0.05) is 32.9 Å². The Morgan fingerprint density at radius 2 is 1.83 bits per heavy atom. The number of rotatable bonds is 2. The Kier molecular flexibility index (Phi) is 5.04. The molecule has 1 N–H and O–H groups in total. The van der Waals surface area contributed by atoms with Crippen molar-refractivity contribution in [2.24, 2.45) is 5.41 Å². The second-order valence-electron chi connectivity index (χ2n) is 9.31. The lowest BCUT2D eigenvalue weighted by molar-refractivity contribution is -0.138. The average Bonchev–Trinajstić information content (AvgIpc) is 2.65. The van der Waals surface area contributed by atoms with Crippen LogP contribution in [0.2, 0.25) is 0 Å². The molecule has 2 aromatic carbocycles. The molecule has 1 aliphatic heterocycles. The number of fused-ring (bicyclic) bond motifs is 2. The van der Waals surface area contributed by atoms with Crippen molar-refractivity contribution in [3.63, 3.8) is 0 Å². The van der Waals surface area contributed by atoms with Crippen LogP contribution >= 0.6 is 0 Å². The zero-order chi connectivity index (χ0) is 20.8. The van der Waals surface area contributed by atoms with Crippen molar-refractivity contribution in [1.82, 2.24) is 0 Å². The Morgan fingerprint density at radius 1 is 1.03 bits per heavy atom. The minimum atomic E-state index is -4.33. The number of aryl methyl sites for hydroxylation is 1. The maximum atomic E-state index is 13.4. The first kappa shape index (κ1) is 20.1. The molecule has 4 rings (SSSR count). The molecule has 5 heteroatoms. The third-order valence-corrected chi connectivity index (χ3v) is 6.24. The summed E-state index contributed by atoms with van der Waals surface area (Å²) in [5.74, 6) is 1.17. The van der Waals surface area contributed by atoms with Gasteiger partial charge >= 0.3 is 6.18 Å². The smallest absolute Gasteiger partial charge is 0.416 e. The van der Waals surface area contributed by atoms with Crippen LogP contribution in [0.3, 0.4) is 0 Å². The Balaban J connectivity index is 1.58. The van der Waals surface area contributed by atoms with Crippen molar-refractivity contribution in [1.29, 1.82) is 0 Å². The number of benzene rings is 2. The summed E-state index contributed by atoms with van der Waals surface area (Å²) in [7, 11) is 0. The monoisotopic (exact) mass is 403 g/mol. The fourth-order valence-corrected chi connectivity index (χ4v) is 4.78. The first-order valence-electron chi connectivity index (χ1n) is 10.4. The first-order chi connectivity index (χ1) is 13.6. The molecule has 2 aliphatic rings. The molecule has 0 amide bonds. The molecule has 2 unspecified atom stereocenters. The van der Waals surface area contributed by atoms with Gasteiger partial charge in [0, 0.05) is 18.7 Å². The normalized spacial score (nSPS) is 21.7. The lowest BCUT2D eigenvalue weighted by Gasteiger charge is -2.36. The summed E-state index contributed by atoms with van der Waals surface area (Å²) < 4.78 is 46.5. The number of hydrogen-bond acceptors (Lipinski definition) is 2. The van der Waals surface area contributed by atoms with E-state index in [1.165, 1.54) is 17.7 Å². The van der Waals surface area contributed by atoms with Crippen LogP contribution in [0, 0.1) is 5.41 Å². The lowest BCUT2D eigenvalue weighted by Crippen LogP contribution is -2.28. The van der Waals surface area contributed by atoms with Crippen molar-refractivity contribution >= 4 is 5.69 Å². The minimum absolute atomic E-state index is 0.140. The number of nitrogens with one attached hydrogen (secondary N) is 1. The van der Waals surface area contributed by atoms with Gasteiger partial charge in [-0.2, -0.15) is 13.2 Å². The summed E-state index contributed by atoms with van der Waals surface area (Å²) in [6, 6.07) is 10.6. The Hall–Kier alpha value is -2.17. The number of hydrogen-bond donors (Lipinski definition) is 1. The molecule has 0 radical (unpaired) electrons. The molecule has 2 nitrogen and oxygen atoms in total. The Morgan fingerprint density at radius 3 is 2.55 bits per heavy atom. The summed E-state index contributed by atoms with van der Waals surface area (Å²) in [6.45, 7) is 7.69. The van der Waals surface area contributed by atoms with E-state index >= 15 is 0 Å². The SMILES string of the molecule is CC(C)(C)C1CCNc2ccc(OC3CCc4cccc(C(F)(F)F)c4C3)cc21. The van der Waals surface area contributed by atoms with Crippen molar-refractivity contribution in [3.05, 3.63) is 58.7 Å². The molecule has 0 fully saturated rings. The van der Waals surface area contributed by atoms with Gasteiger partial charge in [0.1, 0.15) is 11.9 Å². The van der Waals surface area contributed by atoms with Gasteiger partial charge in [0.2, 0.25) is 0 Å². The van der Waals surface area contributed by atoms with Crippen LogP contribution in [-0.4, -0.2) is 12.6 Å². The maximum absolute atomic E-state index is 13.4. The van der Waals surface area contributed by atoms with E-state index in [-0.39, 0.29) is 11.5 Å². The zero-order valence-electron chi connectivity index (χ0n) is 17.2. The van der Waals surface area contributed by atoms with Gasteiger partial charge in [0.05, 0.1) is 5.56 Å². The maximum Gasteiger partial charge on any atom is 0.416 e. The van der Waals surface area contributed by atoms with Crippen LogP contribution in [0.5, 0.6) is 5.75 Å². The van der Waals surface area contributed by atoms with E-state index in [1.54, 1.807) is 6.07 Å². The highest BCUT2D eigenvalue weighted by molar-refractivity contribution is 5.58. The molecule has 2 atom stereocenters. The van der Waals surface area contributed by atoms with E-state index in [2.05, 4.69) is 32.2 Å². The van der Waals surface area contributed by atoms with E-state index < -0.39 is 11.7 Å². The van der Waals surface area contributed by atoms with E-state index in [0.717, 1.165) is 36.4 Å². The van der Waals surface area contributed by atoms with E-state index in [0.29, 0.717) is 24.3 Å². The van der Waals surface area contributed by atoms with Crippen molar-refractivity contribution in [2.45, 2.75) is 64.7 Å². The van der Waals surface area contributed by atoms with Gasteiger partial charge in [-0.05, 0) is 71.6 Å². The van der Waals surface area contributed by atoms with E-state index in [9.17, 15) is 13.2 Å². The third-order valence-electron chi connectivity index (χ3n) is 6.24. The molecular formula is C24H28F3NO. The Labute approximate surface area is 170 Å². The molecule has 156 valence electrons. The van der Waals surface area contributed by atoms with E-state index in [4.69, 9.17) is 4.74 Å². The summed E-state index contributed by atoms with van der Waals surface area (Å²) in [5, 5.41) is 3.45. The summed E-state index contributed by atoms with van der Waals surface area (Å²) in [4.78, 5) is 0. The molecule has 0 bridgehead atoms. The zero-order valence-corrected chi connectivity index (χ0v) is 17.2. The topological polar surface area (TPSA) is 21.3 Å². The van der Waals surface area contributed by atoms with Crippen LogP contribution in [-0.2, 0) is 19.0 Å². The molecule has 29 heavy (non-hydrogen) atoms. The minimum Gasteiger partial charge on any atom is -0.490 e. The van der Waals surface area contributed by atoms with Crippen LogP contribution < -0.4 is 10.1 Å². The summed E-state index contributed by atoms with van der Waals surface area (Å²) in [5.41, 5.74) is 3.18. The largest absolute Gasteiger partial charge is 0.490 e. The standard InChI is InChI=1S/C24H28F3NO/c1-23(2,3)20-11-12-28-22-10-9-17(14-19(20)22)29-16-8-7-15-5-4-6-21(18(15)13-16)24(25,26)27/h4-6,9-10,14,16,20,28H,7-8,11-13H2,1-3H3. The summed E-state index contributed by atoms with van der Waals surface area (Å²) in [6.07, 6.45) is -1.87. The summed E-state index contributed by atoms with van der Waals surface area (Å²) >= 11 is 0. The van der Waals surface area contributed by atoms with Crippen molar-refractivity contribution in [3.8, 4) is 5.75 Å². The second-order valence-corrected chi connectivity index (χ2v) is 9.31. The van der Waals surface area contributed by atoms with E-state index in [1.807, 2.05) is 12.1 Å². The van der Waals surface area contributed by atoms with Gasteiger partial charge in [-0.3, -0.25) is 0 Å². The molecule has 0 saturated carbocycles. The fraction of sp³-hybridized carbons (Fsp3) is 0.500. The quantitative estimate of drug-likeness (QED) is 0.611. The first-order valence-corrected chi connectivity index (χ1v) is 10.4. The van der Waals surface area contributed by atoms with Gasteiger partial charge in [0.15, 0.2) is 0 Å². The third kappa shape index (κ3) is 4.10. The molecule has 0 aromatic heterocycles. The number of halogens is 3. The average molecular weight is 403 g/mol. The molecule has 1 heterocycles. The van der Waals surface area contributed by atoms with Crippen LogP contribution in [0.15, 0.2) is 36.4 Å². The van der Waals surface area contributed by atoms with Crippen molar-refractivity contribution in [2.75, 3.05) is 11.9 Å². The molecule has 0 spiro atoms. The number of anilines is 1. The van der Waals surface area contributed by atoms with Gasteiger partial charge in [-0.25, -0.2) is 0 Å². The highest BCUT2D eigenvalue weighted by atomic mass is 19.4. The predicted octanol–water partition coefficient (Wildman–Crippen LogP) is 6.59. The Bertz CT molecular complexity index is 898.